The van der Waals surface area contributed by atoms with Gasteiger partial charge in [-0.3, -0.25) is 4.68 Å². The van der Waals surface area contributed by atoms with Crippen LogP contribution in [0.5, 0.6) is 17.2 Å². The van der Waals surface area contributed by atoms with E-state index in [1.807, 2.05) is 17.8 Å². The Morgan fingerprint density at radius 1 is 1.29 bits per heavy atom. The predicted octanol–water partition coefficient (Wildman–Crippen LogP) is 1.78. The lowest BCUT2D eigenvalue weighted by Crippen LogP contribution is -2.04. The molecule has 6 heteroatoms. The van der Waals surface area contributed by atoms with Gasteiger partial charge in [-0.2, -0.15) is 5.10 Å². The Morgan fingerprint density at radius 3 is 2.71 bits per heavy atom. The van der Waals surface area contributed by atoms with Crippen molar-refractivity contribution < 1.29 is 19.3 Å². The van der Waals surface area contributed by atoms with E-state index in [9.17, 15) is 5.11 Å². The van der Waals surface area contributed by atoms with Gasteiger partial charge in [-0.05, 0) is 18.6 Å². The summed E-state index contributed by atoms with van der Waals surface area (Å²) >= 11 is 0. The highest BCUT2D eigenvalue weighted by molar-refractivity contribution is 5.51. The summed E-state index contributed by atoms with van der Waals surface area (Å²) in [6.07, 6.45) is 0.889. The van der Waals surface area contributed by atoms with Crippen molar-refractivity contribution in [2.24, 2.45) is 7.05 Å². The van der Waals surface area contributed by atoms with Gasteiger partial charge in [-0.15, -0.1) is 0 Å². The maximum absolute atomic E-state index is 9.45. The molecule has 2 aromatic rings. The molecular weight excluding hydrogens is 272 g/mol. The zero-order valence-corrected chi connectivity index (χ0v) is 12.1. The quantitative estimate of drug-likeness (QED) is 0.909. The molecule has 0 saturated carbocycles. The first-order chi connectivity index (χ1) is 10.2. The average molecular weight is 290 g/mol. The van der Waals surface area contributed by atoms with Crippen molar-refractivity contribution >= 4 is 0 Å². The van der Waals surface area contributed by atoms with E-state index in [1.165, 1.54) is 0 Å². The second-order valence-electron chi connectivity index (χ2n) is 4.86. The minimum Gasteiger partial charge on any atom is -0.487 e. The van der Waals surface area contributed by atoms with Gasteiger partial charge in [0.2, 0.25) is 6.79 Å². The molecule has 112 valence electrons. The molecule has 2 heterocycles. The topological polar surface area (TPSA) is 65.7 Å². The Balaban J connectivity index is 1.79. The van der Waals surface area contributed by atoms with Gasteiger partial charge in [0.15, 0.2) is 11.5 Å². The third-order valence-electron chi connectivity index (χ3n) is 3.49. The number of hydrogen-bond acceptors (Lipinski definition) is 5. The standard InChI is InChI=1S/C15H18N2O4/c1-3-11-5-12(17(2)16-11)8-19-13-6-15-14(20-9-21-15)4-10(13)7-18/h4-6,18H,3,7-9H2,1-2H3. The van der Waals surface area contributed by atoms with Crippen molar-refractivity contribution in [1.82, 2.24) is 9.78 Å². The van der Waals surface area contributed by atoms with Gasteiger partial charge in [0.05, 0.1) is 18.0 Å². The normalized spacial score (nSPS) is 12.7. The number of nitrogens with zero attached hydrogens (tertiary/aromatic N) is 2. The number of ether oxygens (including phenoxy) is 3. The van der Waals surface area contributed by atoms with Crippen molar-refractivity contribution in [3.05, 3.63) is 35.2 Å². The molecule has 1 aromatic heterocycles. The van der Waals surface area contributed by atoms with E-state index in [0.29, 0.717) is 29.4 Å². The summed E-state index contributed by atoms with van der Waals surface area (Å²) < 4.78 is 18.3. The number of hydrogen-bond donors (Lipinski definition) is 1. The fraction of sp³-hybridized carbons (Fsp3) is 0.400. The van der Waals surface area contributed by atoms with Crippen LogP contribution >= 0.6 is 0 Å². The van der Waals surface area contributed by atoms with Crippen LogP contribution in [0.4, 0.5) is 0 Å². The molecule has 0 aliphatic carbocycles. The number of fused-ring (bicyclic) bond motifs is 1. The van der Waals surface area contributed by atoms with Crippen LogP contribution in [0.15, 0.2) is 18.2 Å². The summed E-state index contributed by atoms with van der Waals surface area (Å²) in [4.78, 5) is 0. The van der Waals surface area contributed by atoms with Crippen molar-refractivity contribution in [1.29, 1.82) is 0 Å². The zero-order valence-electron chi connectivity index (χ0n) is 12.1. The molecule has 0 fully saturated rings. The number of aromatic nitrogens is 2. The molecule has 3 rings (SSSR count). The van der Waals surface area contributed by atoms with E-state index in [-0.39, 0.29) is 13.4 Å². The number of aliphatic hydroxyl groups is 1. The van der Waals surface area contributed by atoms with E-state index in [0.717, 1.165) is 17.8 Å². The first-order valence-corrected chi connectivity index (χ1v) is 6.89. The molecule has 1 aromatic carbocycles. The molecule has 1 aliphatic rings. The number of benzene rings is 1. The number of rotatable bonds is 5. The Labute approximate surface area is 122 Å². The summed E-state index contributed by atoms with van der Waals surface area (Å²) in [7, 11) is 1.89. The SMILES string of the molecule is CCc1cc(COc2cc3c(cc2CO)OCO3)n(C)n1. The van der Waals surface area contributed by atoms with Gasteiger partial charge in [0.25, 0.3) is 0 Å². The summed E-state index contributed by atoms with van der Waals surface area (Å²) in [5.74, 6) is 1.88. The second kappa shape index (κ2) is 5.65. The van der Waals surface area contributed by atoms with E-state index in [1.54, 1.807) is 12.1 Å². The molecule has 6 nitrogen and oxygen atoms in total. The summed E-state index contributed by atoms with van der Waals surface area (Å²) in [5.41, 5.74) is 2.69. The lowest BCUT2D eigenvalue weighted by Gasteiger charge is -2.11. The van der Waals surface area contributed by atoms with Crippen molar-refractivity contribution in [3.8, 4) is 17.2 Å². The molecule has 21 heavy (non-hydrogen) atoms. The maximum Gasteiger partial charge on any atom is 0.231 e. The third kappa shape index (κ3) is 2.67. The van der Waals surface area contributed by atoms with Crippen LogP contribution in [-0.4, -0.2) is 21.7 Å². The molecule has 0 spiro atoms. The average Bonchev–Trinajstić information content (AvgIpc) is 3.09. The van der Waals surface area contributed by atoms with Crippen molar-refractivity contribution in [2.45, 2.75) is 26.6 Å². The molecule has 0 unspecified atom stereocenters. The Bertz CT molecular complexity index is 651. The van der Waals surface area contributed by atoms with E-state index < -0.39 is 0 Å². The molecule has 0 radical (unpaired) electrons. The van der Waals surface area contributed by atoms with E-state index >= 15 is 0 Å². The smallest absolute Gasteiger partial charge is 0.231 e. The molecule has 1 aliphatic heterocycles. The van der Waals surface area contributed by atoms with Crippen LogP contribution in [0.2, 0.25) is 0 Å². The highest BCUT2D eigenvalue weighted by Gasteiger charge is 2.18. The molecule has 0 saturated heterocycles. The van der Waals surface area contributed by atoms with Gasteiger partial charge in [-0.25, -0.2) is 0 Å². The Hall–Kier alpha value is -2.21. The van der Waals surface area contributed by atoms with Crippen molar-refractivity contribution in [2.75, 3.05) is 6.79 Å². The molecule has 1 N–H and O–H groups in total. The third-order valence-corrected chi connectivity index (χ3v) is 3.49. The summed E-state index contributed by atoms with van der Waals surface area (Å²) in [6.45, 7) is 2.54. The second-order valence-corrected chi connectivity index (χ2v) is 4.86. The van der Waals surface area contributed by atoms with E-state index in [2.05, 4.69) is 12.0 Å². The highest BCUT2D eigenvalue weighted by atomic mass is 16.7. The molecule has 0 amide bonds. The minimum absolute atomic E-state index is 0.114. The van der Waals surface area contributed by atoms with Gasteiger partial charge < -0.3 is 19.3 Å². The van der Waals surface area contributed by atoms with Gasteiger partial charge in [0.1, 0.15) is 12.4 Å². The maximum atomic E-state index is 9.45. The lowest BCUT2D eigenvalue weighted by atomic mass is 10.2. The minimum atomic E-state index is -0.114. The molecular formula is C15H18N2O4. The number of aliphatic hydroxyl groups excluding tert-OH is 1. The Morgan fingerprint density at radius 2 is 2.05 bits per heavy atom. The number of aryl methyl sites for hydroxylation is 2. The summed E-state index contributed by atoms with van der Waals surface area (Å²) in [6, 6.07) is 5.52. The fourth-order valence-electron chi connectivity index (χ4n) is 2.25. The highest BCUT2D eigenvalue weighted by Crippen LogP contribution is 2.38. The fourth-order valence-corrected chi connectivity index (χ4v) is 2.25. The van der Waals surface area contributed by atoms with Gasteiger partial charge in [-0.1, -0.05) is 6.92 Å². The van der Waals surface area contributed by atoms with Crippen LogP contribution in [0.3, 0.4) is 0 Å². The van der Waals surface area contributed by atoms with E-state index in [4.69, 9.17) is 14.2 Å². The zero-order chi connectivity index (χ0) is 14.8. The first-order valence-electron chi connectivity index (χ1n) is 6.89. The van der Waals surface area contributed by atoms with Crippen LogP contribution in [0.25, 0.3) is 0 Å². The van der Waals surface area contributed by atoms with Gasteiger partial charge >= 0.3 is 0 Å². The van der Waals surface area contributed by atoms with Crippen molar-refractivity contribution in [3.63, 3.8) is 0 Å². The molecule has 0 atom stereocenters. The van der Waals surface area contributed by atoms with Crippen LogP contribution in [0.1, 0.15) is 23.9 Å². The van der Waals surface area contributed by atoms with Crippen LogP contribution in [0, 0.1) is 0 Å². The monoisotopic (exact) mass is 290 g/mol. The largest absolute Gasteiger partial charge is 0.487 e. The summed E-state index contributed by atoms with van der Waals surface area (Å²) in [5, 5.41) is 13.8. The predicted molar refractivity (Wildman–Crippen MR) is 75.4 cm³/mol. The Kier molecular flexibility index (Phi) is 3.70. The lowest BCUT2D eigenvalue weighted by molar-refractivity contribution is 0.173. The van der Waals surface area contributed by atoms with Crippen LogP contribution < -0.4 is 14.2 Å². The van der Waals surface area contributed by atoms with Gasteiger partial charge in [0, 0.05) is 18.7 Å². The van der Waals surface area contributed by atoms with Crippen LogP contribution in [-0.2, 0) is 26.7 Å². The molecule has 0 bridgehead atoms. The first kappa shape index (κ1) is 13.8.